The molecule has 3 heteroatoms. The summed E-state index contributed by atoms with van der Waals surface area (Å²) in [7, 11) is 0. The van der Waals surface area contributed by atoms with E-state index in [2.05, 4.69) is 6.07 Å². The van der Waals surface area contributed by atoms with E-state index >= 15 is 0 Å². The van der Waals surface area contributed by atoms with Crippen LogP contribution in [0.25, 0.3) is 22.3 Å². The van der Waals surface area contributed by atoms with Crippen LogP contribution in [-0.4, -0.2) is 0 Å². The van der Waals surface area contributed by atoms with Crippen molar-refractivity contribution < 1.29 is 4.42 Å². The van der Waals surface area contributed by atoms with Gasteiger partial charge < -0.3 is 4.42 Å². The first-order valence-corrected chi connectivity index (χ1v) is 6.69. The highest BCUT2D eigenvalue weighted by molar-refractivity contribution is 5.81. The second-order valence-electron chi connectivity index (χ2n) is 4.97. The van der Waals surface area contributed by atoms with E-state index in [-0.39, 0.29) is 11.8 Å². The lowest BCUT2D eigenvalue weighted by atomic mass is 10.1. The summed E-state index contributed by atoms with van der Waals surface area (Å²) in [6, 6.07) is 16.7. The van der Waals surface area contributed by atoms with E-state index in [1.54, 1.807) is 12.1 Å². The Kier molecular flexibility index (Phi) is 3.29. The van der Waals surface area contributed by atoms with Crippen molar-refractivity contribution in [3.8, 4) is 17.4 Å². The number of rotatable bonds is 2. The zero-order valence-corrected chi connectivity index (χ0v) is 11.6. The molecule has 3 aromatic rings. The highest BCUT2D eigenvalue weighted by Crippen LogP contribution is 2.24. The van der Waals surface area contributed by atoms with Crippen LogP contribution < -0.4 is 5.43 Å². The number of hydrogen-bond donors (Lipinski definition) is 0. The van der Waals surface area contributed by atoms with E-state index in [0.717, 1.165) is 16.7 Å². The largest absolute Gasteiger partial charge is 0.455 e. The van der Waals surface area contributed by atoms with Crippen molar-refractivity contribution in [2.75, 3.05) is 0 Å². The molecule has 0 fully saturated rings. The van der Waals surface area contributed by atoms with E-state index < -0.39 is 0 Å². The van der Waals surface area contributed by atoms with Crippen LogP contribution in [-0.2, 0) is 6.42 Å². The first kappa shape index (κ1) is 13.1. The van der Waals surface area contributed by atoms with Crippen molar-refractivity contribution in [2.45, 2.75) is 13.3 Å². The summed E-state index contributed by atoms with van der Waals surface area (Å²) in [5.74, 6) is 0.526. The molecule has 0 atom stereocenters. The molecule has 0 aliphatic heterocycles. The average molecular weight is 275 g/mol. The number of nitrogens with zero attached hydrogens (tertiary/aromatic N) is 1. The number of para-hydroxylation sites is 1. The summed E-state index contributed by atoms with van der Waals surface area (Å²) < 4.78 is 5.90. The molecule has 0 radical (unpaired) electrons. The Labute approximate surface area is 122 Å². The number of nitriles is 1. The average Bonchev–Trinajstić information content (AvgIpc) is 2.49. The van der Waals surface area contributed by atoms with Crippen molar-refractivity contribution in [3.63, 3.8) is 0 Å². The molecule has 0 saturated heterocycles. The third-order valence-electron chi connectivity index (χ3n) is 3.44. The van der Waals surface area contributed by atoms with E-state index in [9.17, 15) is 4.79 Å². The number of hydrogen-bond acceptors (Lipinski definition) is 3. The van der Waals surface area contributed by atoms with Gasteiger partial charge >= 0.3 is 0 Å². The lowest BCUT2D eigenvalue weighted by molar-refractivity contribution is 0.615. The minimum Gasteiger partial charge on any atom is -0.455 e. The number of aryl methyl sites for hydroxylation is 1. The highest BCUT2D eigenvalue weighted by atomic mass is 16.3. The summed E-state index contributed by atoms with van der Waals surface area (Å²) >= 11 is 0. The van der Waals surface area contributed by atoms with Gasteiger partial charge in [-0.3, -0.25) is 4.79 Å². The molecule has 1 aromatic heterocycles. The van der Waals surface area contributed by atoms with E-state index in [0.29, 0.717) is 16.7 Å². The number of benzene rings is 2. The van der Waals surface area contributed by atoms with Crippen LogP contribution in [0.3, 0.4) is 0 Å². The summed E-state index contributed by atoms with van der Waals surface area (Å²) in [5, 5.41) is 9.41. The monoisotopic (exact) mass is 275 g/mol. The van der Waals surface area contributed by atoms with Gasteiger partial charge in [0.25, 0.3) is 0 Å². The fraction of sp³-hybridized carbons (Fsp3) is 0.111. The van der Waals surface area contributed by atoms with Crippen molar-refractivity contribution in [3.05, 3.63) is 69.9 Å². The van der Waals surface area contributed by atoms with Gasteiger partial charge in [0.2, 0.25) is 0 Å². The predicted octanol–water partition coefficient (Wildman–Crippen LogP) is 3.83. The van der Waals surface area contributed by atoms with Gasteiger partial charge in [0.05, 0.1) is 17.9 Å². The lowest BCUT2D eigenvalue weighted by Gasteiger charge is -2.06. The van der Waals surface area contributed by atoms with Crippen LogP contribution in [0, 0.1) is 18.3 Å². The van der Waals surface area contributed by atoms with Gasteiger partial charge in [-0.1, -0.05) is 42.0 Å². The third kappa shape index (κ3) is 2.44. The quantitative estimate of drug-likeness (QED) is 0.714. The molecule has 0 aliphatic carbocycles. The van der Waals surface area contributed by atoms with Gasteiger partial charge in [0.15, 0.2) is 5.43 Å². The Morgan fingerprint density at radius 2 is 1.90 bits per heavy atom. The smallest absolute Gasteiger partial charge is 0.193 e. The summed E-state index contributed by atoms with van der Waals surface area (Å²) in [6.45, 7) is 2.01. The maximum atomic E-state index is 12.3. The van der Waals surface area contributed by atoms with Crippen LogP contribution in [0.2, 0.25) is 0 Å². The molecule has 1 heterocycles. The Morgan fingerprint density at radius 3 is 2.62 bits per heavy atom. The van der Waals surface area contributed by atoms with Gasteiger partial charge in [0.1, 0.15) is 11.3 Å². The van der Waals surface area contributed by atoms with Gasteiger partial charge in [0, 0.05) is 17.2 Å². The lowest BCUT2D eigenvalue weighted by Crippen LogP contribution is -2.02. The summed E-state index contributed by atoms with van der Waals surface area (Å²) in [4.78, 5) is 12.3. The van der Waals surface area contributed by atoms with E-state index in [1.807, 2.05) is 37.3 Å². The van der Waals surface area contributed by atoms with Gasteiger partial charge in [-0.15, -0.1) is 0 Å². The van der Waals surface area contributed by atoms with Crippen molar-refractivity contribution in [2.24, 2.45) is 0 Å². The molecule has 0 N–H and O–H groups in total. The predicted molar refractivity (Wildman–Crippen MR) is 82.0 cm³/mol. The summed E-state index contributed by atoms with van der Waals surface area (Å²) in [6.07, 6.45) is 0.220. The molecule has 2 aromatic carbocycles. The fourth-order valence-corrected chi connectivity index (χ4v) is 2.32. The minimum absolute atomic E-state index is 0.0911. The Balaban J connectivity index is 2.26. The molecular weight excluding hydrogens is 262 g/mol. The van der Waals surface area contributed by atoms with Crippen molar-refractivity contribution >= 4 is 11.0 Å². The van der Waals surface area contributed by atoms with Crippen LogP contribution in [0.15, 0.2) is 57.7 Å². The molecule has 102 valence electrons. The molecule has 0 spiro atoms. The van der Waals surface area contributed by atoms with E-state index in [1.165, 1.54) is 6.07 Å². The SMILES string of the molecule is Cc1ccc(-c2cc(=O)c3cccc(CC#N)c3o2)cc1. The van der Waals surface area contributed by atoms with Crippen LogP contribution in [0.5, 0.6) is 0 Å². The Morgan fingerprint density at radius 1 is 1.14 bits per heavy atom. The van der Waals surface area contributed by atoms with E-state index in [4.69, 9.17) is 9.68 Å². The molecule has 3 rings (SSSR count). The molecule has 21 heavy (non-hydrogen) atoms. The second kappa shape index (κ2) is 5.26. The van der Waals surface area contributed by atoms with Gasteiger partial charge in [-0.25, -0.2) is 0 Å². The first-order valence-electron chi connectivity index (χ1n) is 6.69. The molecule has 0 amide bonds. The van der Waals surface area contributed by atoms with Crippen LogP contribution in [0.1, 0.15) is 11.1 Å². The summed E-state index contributed by atoms with van der Waals surface area (Å²) in [5.41, 5.74) is 3.15. The van der Waals surface area contributed by atoms with Crippen LogP contribution >= 0.6 is 0 Å². The first-order chi connectivity index (χ1) is 10.2. The standard InChI is InChI=1S/C18H13NO2/c1-12-5-7-13(8-6-12)17-11-16(20)15-4-2-3-14(9-10-19)18(15)21-17/h2-8,11H,9H2,1H3. The van der Waals surface area contributed by atoms with Crippen LogP contribution in [0.4, 0.5) is 0 Å². The molecule has 0 unspecified atom stereocenters. The normalized spacial score (nSPS) is 10.5. The topological polar surface area (TPSA) is 54.0 Å². The zero-order valence-electron chi connectivity index (χ0n) is 11.6. The minimum atomic E-state index is -0.0911. The molecular formula is C18H13NO2. The van der Waals surface area contributed by atoms with Crippen molar-refractivity contribution in [1.82, 2.24) is 0 Å². The maximum absolute atomic E-state index is 12.3. The Bertz CT molecular complexity index is 899. The zero-order chi connectivity index (χ0) is 14.8. The number of fused-ring (bicyclic) bond motifs is 1. The van der Waals surface area contributed by atoms with Gasteiger partial charge in [-0.2, -0.15) is 5.26 Å². The highest BCUT2D eigenvalue weighted by Gasteiger charge is 2.10. The molecule has 0 bridgehead atoms. The molecule has 0 saturated carbocycles. The molecule has 3 nitrogen and oxygen atoms in total. The van der Waals surface area contributed by atoms with Gasteiger partial charge in [-0.05, 0) is 13.0 Å². The maximum Gasteiger partial charge on any atom is 0.193 e. The second-order valence-corrected chi connectivity index (χ2v) is 4.97. The Hall–Kier alpha value is -2.86. The fourth-order valence-electron chi connectivity index (χ4n) is 2.32. The molecule has 0 aliphatic rings. The van der Waals surface area contributed by atoms with Crippen molar-refractivity contribution in [1.29, 1.82) is 5.26 Å². The third-order valence-corrected chi connectivity index (χ3v) is 3.44.